The normalized spacial score (nSPS) is 11.5. The summed E-state index contributed by atoms with van der Waals surface area (Å²) in [5, 5.41) is 14.3. The van der Waals surface area contributed by atoms with E-state index in [1.165, 1.54) is 17.4 Å². The highest BCUT2D eigenvalue weighted by Crippen LogP contribution is 2.35. The fraction of sp³-hybridized carbons (Fsp3) is 0.105. The molecule has 0 aliphatic carbocycles. The molecule has 3 aromatic heterocycles. The van der Waals surface area contributed by atoms with Crippen molar-refractivity contribution >= 4 is 33.5 Å². The molecule has 0 aliphatic rings. The highest BCUT2D eigenvalue weighted by atomic mass is 32.1. The SMILES string of the molecule is FC(F)(F)c1cccc(Nc2nnc(-c3ccsc3Cc3ccncc3)s2)c1. The second-order valence-corrected chi connectivity index (χ2v) is 7.88. The van der Waals surface area contributed by atoms with E-state index in [2.05, 4.69) is 20.5 Å². The van der Waals surface area contributed by atoms with Crippen LogP contribution in [-0.4, -0.2) is 15.2 Å². The van der Waals surface area contributed by atoms with E-state index in [1.54, 1.807) is 29.8 Å². The molecule has 0 unspecified atom stereocenters. The summed E-state index contributed by atoms with van der Waals surface area (Å²) >= 11 is 2.93. The van der Waals surface area contributed by atoms with E-state index >= 15 is 0 Å². The van der Waals surface area contributed by atoms with Crippen LogP contribution in [0.1, 0.15) is 16.0 Å². The molecule has 0 aliphatic heterocycles. The van der Waals surface area contributed by atoms with Crippen LogP contribution >= 0.6 is 22.7 Å². The minimum atomic E-state index is -4.39. The Morgan fingerprint density at radius 3 is 2.61 bits per heavy atom. The van der Waals surface area contributed by atoms with Crippen molar-refractivity contribution in [3.8, 4) is 10.6 Å². The Morgan fingerprint density at radius 1 is 1.00 bits per heavy atom. The summed E-state index contributed by atoms with van der Waals surface area (Å²) in [5.41, 5.74) is 1.74. The van der Waals surface area contributed by atoms with Crippen molar-refractivity contribution in [1.82, 2.24) is 15.2 Å². The zero-order valence-corrected chi connectivity index (χ0v) is 15.9. The Labute approximate surface area is 166 Å². The molecule has 0 radical (unpaired) electrons. The van der Waals surface area contributed by atoms with Crippen molar-refractivity contribution in [2.45, 2.75) is 12.6 Å². The smallest absolute Gasteiger partial charge is 0.330 e. The van der Waals surface area contributed by atoms with E-state index in [-0.39, 0.29) is 0 Å². The van der Waals surface area contributed by atoms with Crippen LogP contribution in [0.3, 0.4) is 0 Å². The Balaban J connectivity index is 1.54. The van der Waals surface area contributed by atoms with E-state index in [1.807, 2.05) is 23.6 Å². The molecule has 0 saturated heterocycles. The van der Waals surface area contributed by atoms with Crippen LogP contribution in [0.4, 0.5) is 24.0 Å². The number of benzene rings is 1. The third-order valence-electron chi connectivity index (χ3n) is 3.96. The number of nitrogens with zero attached hydrogens (tertiary/aromatic N) is 3. The number of rotatable bonds is 5. The largest absolute Gasteiger partial charge is 0.416 e. The fourth-order valence-electron chi connectivity index (χ4n) is 2.63. The molecule has 0 spiro atoms. The number of pyridine rings is 1. The van der Waals surface area contributed by atoms with Gasteiger partial charge in [0.25, 0.3) is 0 Å². The average Bonchev–Trinajstić information content (AvgIpc) is 3.31. The quantitative estimate of drug-likeness (QED) is 0.431. The predicted molar refractivity (Wildman–Crippen MR) is 105 cm³/mol. The van der Waals surface area contributed by atoms with Crippen molar-refractivity contribution in [3.05, 3.63) is 76.2 Å². The van der Waals surface area contributed by atoms with Crippen molar-refractivity contribution < 1.29 is 13.2 Å². The Hall–Kier alpha value is -2.78. The fourth-order valence-corrected chi connectivity index (χ4v) is 4.42. The van der Waals surface area contributed by atoms with E-state index in [0.29, 0.717) is 10.8 Å². The van der Waals surface area contributed by atoms with Gasteiger partial charge in [0.1, 0.15) is 0 Å². The average molecular weight is 418 g/mol. The molecule has 4 aromatic rings. The summed E-state index contributed by atoms with van der Waals surface area (Å²) in [5.74, 6) is 0. The molecule has 9 heteroatoms. The maximum absolute atomic E-state index is 12.9. The highest BCUT2D eigenvalue weighted by molar-refractivity contribution is 7.19. The van der Waals surface area contributed by atoms with Gasteiger partial charge in [0.05, 0.1) is 5.56 Å². The van der Waals surface area contributed by atoms with Crippen LogP contribution in [0, 0.1) is 0 Å². The third-order valence-corrected chi connectivity index (χ3v) is 5.75. The molecule has 0 fully saturated rings. The first-order chi connectivity index (χ1) is 13.5. The zero-order valence-electron chi connectivity index (χ0n) is 14.3. The molecule has 0 saturated carbocycles. The number of aromatic nitrogens is 3. The molecular formula is C19H13F3N4S2. The minimum absolute atomic E-state index is 0.319. The van der Waals surface area contributed by atoms with Gasteiger partial charge >= 0.3 is 6.18 Å². The second kappa shape index (κ2) is 7.69. The molecule has 4 rings (SSSR count). The van der Waals surface area contributed by atoms with Gasteiger partial charge in [-0.3, -0.25) is 4.98 Å². The first-order valence-electron chi connectivity index (χ1n) is 8.22. The third kappa shape index (κ3) is 4.20. The van der Waals surface area contributed by atoms with E-state index in [4.69, 9.17) is 0 Å². The molecule has 3 heterocycles. The lowest BCUT2D eigenvalue weighted by molar-refractivity contribution is -0.137. The van der Waals surface area contributed by atoms with Gasteiger partial charge in [0.2, 0.25) is 5.13 Å². The number of halogens is 3. The summed E-state index contributed by atoms with van der Waals surface area (Å²) in [4.78, 5) is 5.17. The Morgan fingerprint density at radius 2 is 1.82 bits per heavy atom. The van der Waals surface area contributed by atoms with E-state index < -0.39 is 11.7 Å². The minimum Gasteiger partial charge on any atom is -0.330 e. The van der Waals surface area contributed by atoms with Gasteiger partial charge in [-0.05, 0) is 47.3 Å². The molecule has 0 bridgehead atoms. The van der Waals surface area contributed by atoms with Crippen molar-refractivity contribution in [1.29, 1.82) is 0 Å². The summed E-state index contributed by atoms with van der Waals surface area (Å²) < 4.78 is 38.6. The first kappa shape index (κ1) is 18.6. The van der Waals surface area contributed by atoms with Crippen molar-refractivity contribution in [3.63, 3.8) is 0 Å². The Kier molecular flexibility index (Phi) is 5.10. The van der Waals surface area contributed by atoms with Crippen molar-refractivity contribution in [2.75, 3.05) is 5.32 Å². The first-order valence-corrected chi connectivity index (χ1v) is 9.92. The van der Waals surface area contributed by atoms with Crippen LogP contribution in [-0.2, 0) is 12.6 Å². The summed E-state index contributed by atoms with van der Waals surface area (Å²) in [6, 6.07) is 10.9. The lowest BCUT2D eigenvalue weighted by Crippen LogP contribution is -2.05. The van der Waals surface area contributed by atoms with Crippen LogP contribution < -0.4 is 5.32 Å². The highest BCUT2D eigenvalue weighted by Gasteiger charge is 2.30. The molecular weight excluding hydrogens is 405 g/mol. The van der Waals surface area contributed by atoms with E-state index in [0.717, 1.165) is 39.6 Å². The van der Waals surface area contributed by atoms with Gasteiger partial charge in [-0.1, -0.05) is 17.4 Å². The number of anilines is 2. The molecule has 1 N–H and O–H groups in total. The van der Waals surface area contributed by atoms with Gasteiger partial charge in [-0.2, -0.15) is 13.2 Å². The maximum atomic E-state index is 12.9. The topological polar surface area (TPSA) is 50.7 Å². The number of hydrogen-bond acceptors (Lipinski definition) is 6. The molecule has 1 aromatic carbocycles. The van der Waals surface area contributed by atoms with Crippen LogP contribution in [0.25, 0.3) is 10.6 Å². The van der Waals surface area contributed by atoms with Crippen LogP contribution in [0.5, 0.6) is 0 Å². The van der Waals surface area contributed by atoms with Gasteiger partial charge < -0.3 is 5.32 Å². The lowest BCUT2D eigenvalue weighted by Gasteiger charge is -2.08. The van der Waals surface area contributed by atoms with Gasteiger partial charge in [-0.25, -0.2) is 0 Å². The van der Waals surface area contributed by atoms with Gasteiger partial charge in [-0.15, -0.1) is 21.5 Å². The van der Waals surface area contributed by atoms with Crippen LogP contribution in [0.15, 0.2) is 60.2 Å². The van der Waals surface area contributed by atoms with E-state index in [9.17, 15) is 13.2 Å². The monoisotopic (exact) mass is 418 g/mol. The second-order valence-electron chi connectivity index (χ2n) is 5.91. The lowest BCUT2D eigenvalue weighted by atomic mass is 10.1. The summed E-state index contributed by atoms with van der Waals surface area (Å²) in [6.45, 7) is 0. The van der Waals surface area contributed by atoms with Gasteiger partial charge in [0.15, 0.2) is 5.01 Å². The summed E-state index contributed by atoms with van der Waals surface area (Å²) in [6.07, 6.45) is -0.122. The number of alkyl halides is 3. The molecule has 142 valence electrons. The van der Waals surface area contributed by atoms with Crippen molar-refractivity contribution in [2.24, 2.45) is 0 Å². The molecule has 4 nitrogen and oxygen atoms in total. The summed E-state index contributed by atoms with van der Waals surface area (Å²) in [7, 11) is 0. The molecule has 0 amide bonds. The maximum Gasteiger partial charge on any atom is 0.416 e. The number of thiophene rings is 1. The standard InChI is InChI=1S/C19H13F3N4S2/c20-19(21,22)13-2-1-3-14(11-13)24-18-26-25-17(28-18)15-6-9-27-16(15)10-12-4-7-23-8-5-12/h1-9,11H,10H2,(H,24,26). The molecule has 28 heavy (non-hydrogen) atoms. The number of hydrogen-bond donors (Lipinski definition) is 1. The number of nitrogens with one attached hydrogen (secondary N) is 1. The molecule has 0 atom stereocenters. The van der Waals surface area contributed by atoms with Crippen LogP contribution in [0.2, 0.25) is 0 Å². The van der Waals surface area contributed by atoms with Gasteiger partial charge in [0, 0.05) is 34.9 Å². The predicted octanol–water partition coefficient (Wildman–Crippen LogP) is 6.01. The zero-order chi connectivity index (χ0) is 19.6. The Bertz CT molecular complexity index is 1070.